The van der Waals surface area contributed by atoms with Gasteiger partial charge in [0.2, 0.25) is 12.1 Å². The van der Waals surface area contributed by atoms with E-state index in [9.17, 15) is 4.79 Å². The lowest BCUT2D eigenvalue weighted by atomic mass is 9.98. The van der Waals surface area contributed by atoms with Crippen LogP contribution < -0.4 is 0 Å². The summed E-state index contributed by atoms with van der Waals surface area (Å²) in [6.07, 6.45) is -3.55. The third kappa shape index (κ3) is 5.21. The summed E-state index contributed by atoms with van der Waals surface area (Å²) in [6, 6.07) is 29.1. The topological polar surface area (TPSA) is 63.2 Å². The average molecular weight is 446 g/mol. The Balaban J connectivity index is 1.33. The maximum absolute atomic E-state index is 13.4. The second-order valence-corrected chi connectivity index (χ2v) is 8.10. The molecule has 2 fully saturated rings. The van der Waals surface area contributed by atoms with Crippen molar-refractivity contribution in [1.82, 2.24) is 0 Å². The van der Waals surface area contributed by atoms with Crippen LogP contribution in [0.2, 0.25) is 0 Å². The summed E-state index contributed by atoms with van der Waals surface area (Å²) in [5, 5.41) is 0. The fourth-order valence-corrected chi connectivity index (χ4v) is 4.04. The van der Waals surface area contributed by atoms with Gasteiger partial charge in [0.05, 0.1) is 19.8 Å². The number of hydrogen-bond donors (Lipinski definition) is 0. The van der Waals surface area contributed by atoms with Crippen molar-refractivity contribution in [3.63, 3.8) is 0 Å². The number of rotatable bonds is 7. The van der Waals surface area contributed by atoms with Crippen LogP contribution in [-0.4, -0.2) is 37.0 Å². The first-order chi connectivity index (χ1) is 16.3. The molecule has 0 N–H and O–H groups in total. The molecular weight excluding hydrogens is 420 g/mol. The van der Waals surface area contributed by atoms with Crippen molar-refractivity contribution in [2.45, 2.75) is 44.1 Å². The summed E-state index contributed by atoms with van der Waals surface area (Å²) >= 11 is 0. The molecule has 2 saturated heterocycles. The number of fused-ring (bicyclic) bond motifs is 1. The number of ketones is 1. The van der Waals surface area contributed by atoms with E-state index in [1.54, 1.807) is 0 Å². The largest absolute Gasteiger partial charge is 0.363 e. The minimum absolute atomic E-state index is 0.258. The van der Waals surface area contributed by atoms with Crippen LogP contribution >= 0.6 is 0 Å². The Kier molecular flexibility index (Phi) is 6.90. The lowest BCUT2D eigenvalue weighted by Gasteiger charge is -2.44. The van der Waals surface area contributed by atoms with Gasteiger partial charge in [0.25, 0.3) is 0 Å². The second-order valence-electron chi connectivity index (χ2n) is 8.10. The Morgan fingerprint density at radius 3 is 1.94 bits per heavy atom. The van der Waals surface area contributed by atoms with Crippen molar-refractivity contribution in [3.8, 4) is 0 Å². The molecule has 0 aliphatic carbocycles. The van der Waals surface area contributed by atoms with Crippen LogP contribution in [0.5, 0.6) is 0 Å². The Morgan fingerprint density at radius 1 is 0.727 bits per heavy atom. The highest BCUT2D eigenvalue weighted by Crippen LogP contribution is 2.34. The van der Waals surface area contributed by atoms with Gasteiger partial charge in [0, 0.05) is 5.56 Å². The third-order valence-corrected chi connectivity index (χ3v) is 5.76. The van der Waals surface area contributed by atoms with Gasteiger partial charge in [-0.05, 0) is 11.1 Å². The highest BCUT2D eigenvalue weighted by molar-refractivity contribution is 5.87. The van der Waals surface area contributed by atoms with Gasteiger partial charge in [-0.1, -0.05) is 91.0 Å². The Morgan fingerprint density at radius 2 is 1.30 bits per heavy atom. The first-order valence-corrected chi connectivity index (χ1v) is 11.1. The molecule has 3 aromatic carbocycles. The van der Waals surface area contributed by atoms with Gasteiger partial charge in [-0.25, -0.2) is 0 Å². The van der Waals surface area contributed by atoms with Crippen molar-refractivity contribution in [1.29, 1.82) is 0 Å². The molecule has 0 amide bonds. The van der Waals surface area contributed by atoms with Crippen LogP contribution in [0.25, 0.3) is 0 Å². The number of benzene rings is 3. The molecule has 170 valence electrons. The van der Waals surface area contributed by atoms with Gasteiger partial charge in [0.1, 0.15) is 12.2 Å². The van der Waals surface area contributed by atoms with Crippen LogP contribution in [0, 0.1) is 0 Å². The molecule has 0 spiro atoms. The molecule has 6 heteroatoms. The molecule has 3 aromatic rings. The van der Waals surface area contributed by atoms with Gasteiger partial charge in [-0.2, -0.15) is 0 Å². The van der Waals surface area contributed by atoms with E-state index in [0.29, 0.717) is 0 Å². The standard InChI is InChI=1S/C27H26O6/c28-23-25(29-16-19-10-4-1-5-11-19)24-22(18-31-26(33-24)21-14-8-3-9-15-21)32-27(23)30-17-20-12-6-2-7-13-20/h1-15,22,24-27H,16-18H2/t22-,24-,25-,26?,27-/m1/s1. The van der Waals surface area contributed by atoms with Crippen molar-refractivity contribution in [2.75, 3.05) is 6.61 Å². The maximum Gasteiger partial charge on any atom is 0.221 e. The quantitative estimate of drug-likeness (QED) is 0.542. The highest BCUT2D eigenvalue weighted by Gasteiger charge is 2.50. The van der Waals surface area contributed by atoms with Crippen molar-refractivity contribution < 1.29 is 28.5 Å². The van der Waals surface area contributed by atoms with Gasteiger partial charge >= 0.3 is 0 Å². The van der Waals surface area contributed by atoms with E-state index in [1.807, 2.05) is 91.0 Å². The molecule has 0 saturated carbocycles. The molecule has 5 rings (SSSR count). The van der Waals surface area contributed by atoms with Crippen molar-refractivity contribution in [2.24, 2.45) is 0 Å². The van der Waals surface area contributed by atoms with Gasteiger partial charge < -0.3 is 23.7 Å². The smallest absolute Gasteiger partial charge is 0.221 e. The predicted octanol–water partition coefficient (Wildman–Crippen LogP) is 4.20. The predicted molar refractivity (Wildman–Crippen MR) is 120 cm³/mol. The average Bonchev–Trinajstić information content (AvgIpc) is 2.88. The molecule has 2 aliphatic rings. The van der Waals surface area contributed by atoms with E-state index in [0.717, 1.165) is 16.7 Å². The molecule has 2 aliphatic heterocycles. The fourth-order valence-electron chi connectivity index (χ4n) is 4.04. The van der Waals surface area contributed by atoms with Gasteiger partial charge in [-0.3, -0.25) is 4.79 Å². The molecular formula is C27H26O6. The monoisotopic (exact) mass is 446 g/mol. The number of Topliss-reactive ketones (excluding diaryl/α,β-unsaturated/α-hetero) is 1. The van der Waals surface area contributed by atoms with Crippen LogP contribution in [-0.2, 0) is 41.7 Å². The summed E-state index contributed by atoms with van der Waals surface area (Å²) in [6.45, 7) is 0.814. The normalized spacial score (nSPS) is 27.2. The molecule has 2 heterocycles. The number of hydrogen-bond acceptors (Lipinski definition) is 6. The Bertz CT molecular complexity index is 1030. The minimum atomic E-state index is -1.05. The van der Waals surface area contributed by atoms with Crippen LogP contribution in [0.15, 0.2) is 91.0 Å². The summed E-state index contributed by atoms with van der Waals surface area (Å²) in [5.41, 5.74) is 2.81. The van der Waals surface area contributed by atoms with Crippen molar-refractivity contribution >= 4 is 5.78 Å². The number of ether oxygens (including phenoxy) is 5. The van der Waals surface area contributed by atoms with E-state index in [1.165, 1.54) is 0 Å². The van der Waals surface area contributed by atoms with Crippen molar-refractivity contribution in [3.05, 3.63) is 108 Å². The summed E-state index contributed by atoms with van der Waals surface area (Å²) in [7, 11) is 0. The molecule has 33 heavy (non-hydrogen) atoms. The Hall–Kier alpha value is -2.87. The number of carbonyl (C=O) groups excluding carboxylic acids is 1. The molecule has 0 bridgehead atoms. The fraction of sp³-hybridized carbons (Fsp3) is 0.296. The lowest BCUT2D eigenvalue weighted by molar-refractivity contribution is -0.324. The zero-order valence-electron chi connectivity index (χ0n) is 18.1. The molecule has 0 aromatic heterocycles. The molecule has 6 nitrogen and oxygen atoms in total. The van der Waals surface area contributed by atoms with E-state index in [2.05, 4.69) is 0 Å². The van der Waals surface area contributed by atoms with Gasteiger partial charge in [-0.15, -0.1) is 0 Å². The lowest BCUT2D eigenvalue weighted by Crippen LogP contribution is -2.61. The van der Waals surface area contributed by atoms with Gasteiger partial charge in [0.15, 0.2) is 12.4 Å². The molecule has 5 atom stereocenters. The van der Waals surface area contributed by atoms with E-state index in [4.69, 9.17) is 23.7 Å². The Labute approximate surface area is 193 Å². The second kappa shape index (κ2) is 10.4. The minimum Gasteiger partial charge on any atom is -0.363 e. The summed E-state index contributed by atoms with van der Waals surface area (Å²) < 4.78 is 30.1. The first-order valence-electron chi connectivity index (χ1n) is 11.1. The van der Waals surface area contributed by atoms with Crippen LogP contribution in [0.1, 0.15) is 23.0 Å². The summed E-state index contributed by atoms with van der Waals surface area (Å²) in [5.74, 6) is -0.281. The first kappa shape index (κ1) is 21.9. The van der Waals surface area contributed by atoms with Crippen LogP contribution in [0.3, 0.4) is 0 Å². The SMILES string of the molecule is O=C1[C@H](OCc2ccccc2)O[C@@H]2COC(c3ccccc3)O[C@H]2[C@@H]1OCc1ccccc1. The van der Waals surface area contributed by atoms with Crippen LogP contribution in [0.4, 0.5) is 0 Å². The number of carbonyl (C=O) groups is 1. The molecule has 1 unspecified atom stereocenters. The van der Waals surface area contributed by atoms with E-state index < -0.39 is 30.9 Å². The zero-order valence-corrected chi connectivity index (χ0v) is 18.1. The van der Waals surface area contributed by atoms with E-state index in [-0.39, 0.29) is 25.6 Å². The maximum atomic E-state index is 13.4. The zero-order chi connectivity index (χ0) is 22.5. The highest BCUT2D eigenvalue weighted by atomic mass is 16.8. The van der Waals surface area contributed by atoms with E-state index >= 15 is 0 Å². The summed E-state index contributed by atoms with van der Waals surface area (Å²) in [4.78, 5) is 13.4. The third-order valence-electron chi connectivity index (χ3n) is 5.76. The molecule has 0 radical (unpaired) electrons.